The minimum absolute atomic E-state index is 0.244. The van der Waals surface area contributed by atoms with Gasteiger partial charge in [-0.1, -0.05) is 12.8 Å². The van der Waals surface area contributed by atoms with Crippen molar-refractivity contribution in [2.45, 2.75) is 70.3 Å². The number of hydrogen-bond donors (Lipinski definition) is 0. The fourth-order valence-electron chi connectivity index (χ4n) is 5.15. The molecule has 25 heavy (non-hydrogen) atoms. The summed E-state index contributed by atoms with van der Waals surface area (Å²) < 4.78 is 0. The van der Waals surface area contributed by atoms with Crippen LogP contribution in [0.25, 0.3) is 0 Å². The van der Waals surface area contributed by atoms with Gasteiger partial charge < -0.3 is 9.80 Å². The summed E-state index contributed by atoms with van der Waals surface area (Å²) in [4.78, 5) is 31.6. The predicted molar refractivity (Wildman–Crippen MR) is 97.1 cm³/mol. The van der Waals surface area contributed by atoms with Gasteiger partial charge in [-0.05, 0) is 51.5 Å². The highest BCUT2D eigenvalue weighted by molar-refractivity contribution is 5.79. The summed E-state index contributed by atoms with van der Waals surface area (Å²) >= 11 is 0. The molecule has 0 unspecified atom stereocenters. The van der Waals surface area contributed by atoms with Crippen molar-refractivity contribution in [1.82, 2.24) is 14.7 Å². The molecule has 140 valence electrons. The molecule has 2 amide bonds. The second kappa shape index (κ2) is 7.26. The molecule has 0 aromatic rings. The van der Waals surface area contributed by atoms with Crippen LogP contribution < -0.4 is 0 Å². The van der Waals surface area contributed by atoms with Crippen LogP contribution in [0.3, 0.4) is 0 Å². The molecular formula is C20H33N3O2. The SMILES string of the molecule is O=C(CN1CCC[C@@]2(CCC(=O)N(C3CC3)C2)C1)N1CCCCCC1. The predicted octanol–water partition coefficient (Wildman–Crippen LogP) is 2.26. The van der Waals surface area contributed by atoms with Crippen LogP contribution in [0, 0.1) is 5.41 Å². The van der Waals surface area contributed by atoms with Crippen molar-refractivity contribution in [2.24, 2.45) is 5.41 Å². The fraction of sp³-hybridized carbons (Fsp3) is 0.900. The van der Waals surface area contributed by atoms with Crippen molar-refractivity contribution < 1.29 is 9.59 Å². The van der Waals surface area contributed by atoms with Crippen LogP contribution in [-0.2, 0) is 9.59 Å². The third kappa shape index (κ3) is 4.02. The maximum atomic E-state index is 12.7. The van der Waals surface area contributed by atoms with E-state index >= 15 is 0 Å². The lowest BCUT2D eigenvalue weighted by molar-refractivity contribution is -0.142. The highest BCUT2D eigenvalue weighted by atomic mass is 16.2. The molecule has 4 fully saturated rings. The average molecular weight is 348 g/mol. The number of nitrogens with zero attached hydrogens (tertiary/aromatic N) is 3. The zero-order valence-electron chi connectivity index (χ0n) is 15.5. The van der Waals surface area contributed by atoms with Crippen LogP contribution in [0.2, 0.25) is 0 Å². The second-order valence-corrected chi connectivity index (χ2v) is 8.86. The van der Waals surface area contributed by atoms with Gasteiger partial charge in [0.25, 0.3) is 0 Å². The molecule has 4 rings (SSSR count). The Labute approximate surface area is 151 Å². The molecule has 1 spiro atoms. The lowest BCUT2D eigenvalue weighted by Crippen LogP contribution is -2.55. The molecule has 3 saturated heterocycles. The van der Waals surface area contributed by atoms with E-state index in [4.69, 9.17) is 0 Å². The molecule has 4 aliphatic rings. The number of amides is 2. The van der Waals surface area contributed by atoms with Gasteiger partial charge in [0.15, 0.2) is 0 Å². The van der Waals surface area contributed by atoms with Gasteiger partial charge in [0.1, 0.15) is 0 Å². The van der Waals surface area contributed by atoms with E-state index in [1.807, 2.05) is 0 Å². The van der Waals surface area contributed by atoms with E-state index in [0.717, 1.165) is 52.0 Å². The molecule has 1 atom stereocenters. The van der Waals surface area contributed by atoms with Crippen LogP contribution in [0.5, 0.6) is 0 Å². The summed E-state index contributed by atoms with van der Waals surface area (Å²) in [5.41, 5.74) is 0.244. The molecule has 3 aliphatic heterocycles. The summed E-state index contributed by atoms with van der Waals surface area (Å²) in [6, 6.07) is 0.527. The first-order valence-electron chi connectivity index (χ1n) is 10.4. The van der Waals surface area contributed by atoms with Crippen molar-refractivity contribution in [3.05, 3.63) is 0 Å². The number of likely N-dealkylation sites (tertiary alicyclic amines) is 3. The molecule has 1 aliphatic carbocycles. The summed E-state index contributed by atoms with van der Waals surface area (Å²) in [5.74, 6) is 0.691. The largest absolute Gasteiger partial charge is 0.342 e. The highest BCUT2D eigenvalue weighted by Crippen LogP contribution is 2.42. The molecule has 0 radical (unpaired) electrons. The number of rotatable bonds is 3. The van der Waals surface area contributed by atoms with Crippen molar-refractivity contribution >= 4 is 11.8 Å². The van der Waals surface area contributed by atoms with Gasteiger partial charge in [-0.2, -0.15) is 0 Å². The normalized spacial score (nSPS) is 32.1. The maximum absolute atomic E-state index is 12.7. The summed E-state index contributed by atoms with van der Waals surface area (Å²) in [7, 11) is 0. The Morgan fingerprint density at radius 3 is 2.44 bits per heavy atom. The Hall–Kier alpha value is -1.10. The van der Waals surface area contributed by atoms with Crippen molar-refractivity contribution in [2.75, 3.05) is 39.3 Å². The van der Waals surface area contributed by atoms with Crippen LogP contribution in [0.15, 0.2) is 0 Å². The molecule has 0 bridgehead atoms. The maximum Gasteiger partial charge on any atom is 0.236 e. The Bertz CT molecular complexity index is 511. The molecular weight excluding hydrogens is 314 g/mol. The second-order valence-electron chi connectivity index (χ2n) is 8.86. The van der Waals surface area contributed by atoms with E-state index in [9.17, 15) is 9.59 Å². The molecule has 1 saturated carbocycles. The lowest BCUT2D eigenvalue weighted by Gasteiger charge is -2.48. The Morgan fingerprint density at radius 1 is 0.960 bits per heavy atom. The zero-order chi connectivity index (χ0) is 17.3. The standard InChI is InChI=1S/C20H33N3O2/c24-18-8-10-20(16-23(18)17-6-7-17)9-5-11-21(15-20)14-19(25)22-12-3-1-2-4-13-22/h17H,1-16H2/t20-/m1/s1. The van der Waals surface area contributed by atoms with Crippen molar-refractivity contribution in [3.63, 3.8) is 0 Å². The van der Waals surface area contributed by atoms with Crippen molar-refractivity contribution in [3.8, 4) is 0 Å². The number of piperidine rings is 2. The van der Waals surface area contributed by atoms with Crippen LogP contribution in [0.1, 0.15) is 64.2 Å². The van der Waals surface area contributed by atoms with Crippen LogP contribution in [-0.4, -0.2) is 71.8 Å². The van der Waals surface area contributed by atoms with Gasteiger partial charge >= 0.3 is 0 Å². The third-order valence-corrected chi connectivity index (χ3v) is 6.74. The quantitative estimate of drug-likeness (QED) is 0.786. The highest BCUT2D eigenvalue weighted by Gasteiger charge is 2.45. The van der Waals surface area contributed by atoms with Gasteiger partial charge in [-0.25, -0.2) is 0 Å². The van der Waals surface area contributed by atoms with E-state index in [1.54, 1.807) is 0 Å². The molecule has 0 aromatic carbocycles. The van der Waals surface area contributed by atoms with Gasteiger partial charge in [-0.15, -0.1) is 0 Å². The van der Waals surface area contributed by atoms with Gasteiger partial charge in [-0.3, -0.25) is 14.5 Å². The fourth-order valence-corrected chi connectivity index (χ4v) is 5.15. The van der Waals surface area contributed by atoms with Crippen molar-refractivity contribution in [1.29, 1.82) is 0 Å². The molecule has 3 heterocycles. The minimum atomic E-state index is 0.244. The van der Waals surface area contributed by atoms with E-state index < -0.39 is 0 Å². The third-order valence-electron chi connectivity index (χ3n) is 6.74. The number of hydrogen-bond acceptors (Lipinski definition) is 3. The smallest absolute Gasteiger partial charge is 0.236 e. The van der Waals surface area contributed by atoms with E-state index in [1.165, 1.54) is 38.5 Å². The van der Waals surface area contributed by atoms with E-state index in [0.29, 0.717) is 30.8 Å². The first-order valence-corrected chi connectivity index (χ1v) is 10.4. The Morgan fingerprint density at radius 2 is 1.72 bits per heavy atom. The Kier molecular flexibility index (Phi) is 5.03. The van der Waals surface area contributed by atoms with Gasteiger partial charge in [0, 0.05) is 44.1 Å². The lowest BCUT2D eigenvalue weighted by atomic mass is 9.73. The van der Waals surface area contributed by atoms with Crippen LogP contribution in [0.4, 0.5) is 0 Å². The van der Waals surface area contributed by atoms with Gasteiger partial charge in [0.2, 0.25) is 11.8 Å². The molecule has 5 nitrogen and oxygen atoms in total. The zero-order valence-corrected chi connectivity index (χ0v) is 15.5. The Balaban J connectivity index is 1.35. The summed E-state index contributed by atoms with van der Waals surface area (Å²) in [6.45, 7) is 5.45. The first kappa shape index (κ1) is 17.3. The molecule has 5 heteroatoms. The average Bonchev–Trinajstić information content (AvgIpc) is 3.44. The topological polar surface area (TPSA) is 43.9 Å². The van der Waals surface area contributed by atoms with Gasteiger partial charge in [0.05, 0.1) is 6.54 Å². The van der Waals surface area contributed by atoms with Crippen LogP contribution >= 0.6 is 0 Å². The molecule has 0 N–H and O–H groups in total. The summed E-state index contributed by atoms with van der Waals surface area (Å²) in [6.07, 6.45) is 11.4. The monoisotopic (exact) mass is 347 g/mol. The minimum Gasteiger partial charge on any atom is -0.342 e. The number of carbonyl (C=O) groups excluding carboxylic acids is 2. The summed E-state index contributed by atoms with van der Waals surface area (Å²) in [5, 5.41) is 0. The van der Waals surface area contributed by atoms with E-state index in [-0.39, 0.29) is 5.41 Å². The first-order chi connectivity index (χ1) is 12.2. The number of carbonyl (C=O) groups is 2. The van der Waals surface area contributed by atoms with E-state index in [2.05, 4.69) is 14.7 Å². The molecule has 0 aromatic heterocycles.